The third-order valence-corrected chi connectivity index (χ3v) is 6.56. The smallest absolute Gasteiger partial charge is 0.258 e. The van der Waals surface area contributed by atoms with Crippen LogP contribution in [0, 0.1) is 0 Å². The lowest BCUT2D eigenvalue weighted by molar-refractivity contribution is 0.102. The molecule has 27 heavy (non-hydrogen) atoms. The van der Waals surface area contributed by atoms with Crippen LogP contribution in [0.25, 0.3) is 11.0 Å². The Morgan fingerprint density at radius 3 is 2.59 bits per heavy atom. The minimum absolute atomic E-state index is 0.140. The molecular weight excluding hydrogens is 364 g/mol. The number of imidazole rings is 1. The van der Waals surface area contributed by atoms with E-state index in [0.29, 0.717) is 19.0 Å². The molecule has 0 radical (unpaired) electrons. The first kappa shape index (κ1) is 17.7. The first-order chi connectivity index (χ1) is 13.0. The summed E-state index contributed by atoms with van der Waals surface area (Å²) in [5.41, 5.74) is 1.83. The van der Waals surface area contributed by atoms with Crippen LogP contribution in [-0.2, 0) is 10.0 Å². The molecule has 0 saturated carbocycles. The first-order valence-corrected chi connectivity index (χ1v) is 10.3. The quantitative estimate of drug-likeness (QED) is 0.723. The molecule has 0 bridgehead atoms. The number of carbonyl (C=O) groups excluding carboxylic acids is 1. The number of nitrogens with zero attached hydrogens (tertiary/aromatic N) is 2. The van der Waals surface area contributed by atoms with Crippen LogP contribution in [0.5, 0.6) is 0 Å². The Morgan fingerprint density at radius 1 is 1.04 bits per heavy atom. The van der Waals surface area contributed by atoms with Crippen LogP contribution < -0.4 is 5.32 Å². The third kappa shape index (κ3) is 3.58. The zero-order valence-electron chi connectivity index (χ0n) is 14.7. The summed E-state index contributed by atoms with van der Waals surface area (Å²) in [6.07, 6.45) is 2.78. The number of benzene rings is 2. The van der Waals surface area contributed by atoms with Crippen molar-refractivity contribution in [1.82, 2.24) is 14.3 Å². The van der Waals surface area contributed by atoms with E-state index in [4.69, 9.17) is 0 Å². The van der Waals surface area contributed by atoms with E-state index < -0.39 is 15.9 Å². The van der Waals surface area contributed by atoms with Crippen molar-refractivity contribution in [3.8, 4) is 0 Å². The van der Waals surface area contributed by atoms with Crippen LogP contribution in [0.4, 0.5) is 5.95 Å². The van der Waals surface area contributed by atoms with E-state index in [9.17, 15) is 13.2 Å². The fraction of sp³-hybridized carbons (Fsp3) is 0.263. The molecule has 1 saturated heterocycles. The second kappa shape index (κ2) is 7.13. The van der Waals surface area contributed by atoms with E-state index in [1.807, 2.05) is 24.3 Å². The number of nitrogens with one attached hydrogen (secondary N) is 2. The maximum atomic E-state index is 12.8. The van der Waals surface area contributed by atoms with Gasteiger partial charge in [-0.15, -0.1) is 0 Å². The molecule has 1 fully saturated rings. The molecule has 0 unspecified atom stereocenters. The topological polar surface area (TPSA) is 95.2 Å². The molecule has 8 heteroatoms. The van der Waals surface area contributed by atoms with Gasteiger partial charge in [-0.05, 0) is 43.2 Å². The van der Waals surface area contributed by atoms with Gasteiger partial charge in [-0.25, -0.2) is 13.4 Å². The van der Waals surface area contributed by atoms with Crippen molar-refractivity contribution in [1.29, 1.82) is 0 Å². The van der Waals surface area contributed by atoms with Crippen LogP contribution in [0.1, 0.15) is 29.6 Å². The summed E-state index contributed by atoms with van der Waals surface area (Å²) < 4.78 is 27.1. The van der Waals surface area contributed by atoms with Gasteiger partial charge in [0.25, 0.3) is 5.91 Å². The van der Waals surface area contributed by atoms with Crippen molar-refractivity contribution in [2.75, 3.05) is 18.4 Å². The summed E-state index contributed by atoms with van der Waals surface area (Å²) in [7, 11) is -3.58. The fourth-order valence-electron chi connectivity index (χ4n) is 3.24. The van der Waals surface area contributed by atoms with Crippen molar-refractivity contribution in [2.24, 2.45) is 0 Å². The summed E-state index contributed by atoms with van der Waals surface area (Å²) >= 11 is 0. The second-order valence-electron chi connectivity index (χ2n) is 6.55. The highest BCUT2D eigenvalue weighted by molar-refractivity contribution is 7.89. The fourth-order valence-corrected chi connectivity index (χ4v) is 4.81. The molecular formula is C19H20N4O3S. The van der Waals surface area contributed by atoms with E-state index in [-0.39, 0.29) is 10.5 Å². The van der Waals surface area contributed by atoms with Gasteiger partial charge in [0.05, 0.1) is 15.9 Å². The number of anilines is 1. The lowest BCUT2D eigenvalue weighted by Crippen LogP contribution is -2.35. The van der Waals surface area contributed by atoms with Crippen molar-refractivity contribution in [3.05, 3.63) is 54.1 Å². The van der Waals surface area contributed by atoms with Gasteiger partial charge >= 0.3 is 0 Å². The second-order valence-corrected chi connectivity index (χ2v) is 8.49. The number of piperidine rings is 1. The van der Waals surface area contributed by atoms with E-state index in [1.165, 1.54) is 16.4 Å². The van der Waals surface area contributed by atoms with Gasteiger partial charge in [0.15, 0.2) is 0 Å². The number of hydrogen-bond donors (Lipinski definition) is 2. The minimum Gasteiger partial charge on any atom is -0.324 e. The number of rotatable bonds is 4. The summed E-state index contributed by atoms with van der Waals surface area (Å²) in [4.78, 5) is 20.0. The van der Waals surface area contributed by atoms with Crippen LogP contribution in [-0.4, -0.2) is 41.7 Å². The predicted molar refractivity (Wildman–Crippen MR) is 103 cm³/mol. The predicted octanol–water partition coefficient (Wildman–Crippen LogP) is 2.99. The molecule has 1 aliphatic rings. The maximum Gasteiger partial charge on any atom is 0.258 e. The summed E-state index contributed by atoms with van der Waals surface area (Å²) in [5, 5.41) is 2.69. The van der Waals surface area contributed by atoms with Crippen molar-refractivity contribution < 1.29 is 13.2 Å². The molecule has 2 aromatic carbocycles. The first-order valence-electron chi connectivity index (χ1n) is 8.90. The van der Waals surface area contributed by atoms with Gasteiger partial charge in [0.2, 0.25) is 16.0 Å². The van der Waals surface area contributed by atoms with Crippen molar-refractivity contribution in [2.45, 2.75) is 24.2 Å². The molecule has 1 aliphatic heterocycles. The van der Waals surface area contributed by atoms with Crippen LogP contribution >= 0.6 is 0 Å². The molecule has 0 aliphatic carbocycles. The molecule has 1 aromatic heterocycles. The molecule has 3 aromatic rings. The summed E-state index contributed by atoms with van der Waals surface area (Å²) in [6, 6.07) is 13.6. The molecule has 4 rings (SSSR count). The Labute approximate surface area is 157 Å². The standard InChI is InChI=1S/C19H20N4O3S/c24-18(22-19-20-16-9-2-3-10-17(16)21-19)14-7-6-8-15(13-14)27(25,26)23-11-4-1-5-12-23/h2-3,6-10,13H,1,4-5,11-12H2,(H2,20,21,22,24). The number of H-pyrrole nitrogens is 1. The van der Waals surface area contributed by atoms with E-state index in [1.54, 1.807) is 12.1 Å². The number of hydrogen-bond acceptors (Lipinski definition) is 4. The normalized spacial score (nSPS) is 15.7. The van der Waals surface area contributed by atoms with Gasteiger partial charge in [-0.1, -0.05) is 24.6 Å². The molecule has 7 nitrogen and oxygen atoms in total. The van der Waals surface area contributed by atoms with Crippen molar-refractivity contribution in [3.63, 3.8) is 0 Å². The highest BCUT2D eigenvalue weighted by atomic mass is 32.2. The molecule has 1 amide bonds. The van der Waals surface area contributed by atoms with E-state index >= 15 is 0 Å². The van der Waals surface area contributed by atoms with Gasteiger partial charge in [0, 0.05) is 18.7 Å². The van der Waals surface area contributed by atoms with E-state index in [2.05, 4.69) is 15.3 Å². The van der Waals surface area contributed by atoms with Crippen LogP contribution in [0.15, 0.2) is 53.4 Å². The Kier molecular flexibility index (Phi) is 4.67. The number of carbonyl (C=O) groups is 1. The zero-order valence-corrected chi connectivity index (χ0v) is 15.5. The number of sulfonamides is 1. The minimum atomic E-state index is -3.58. The number of aromatic nitrogens is 2. The lowest BCUT2D eigenvalue weighted by atomic mass is 10.2. The highest BCUT2D eigenvalue weighted by Gasteiger charge is 2.26. The molecule has 0 atom stereocenters. The largest absolute Gasteiger partial charge is 0.324 e. The average Bonchev–Trinajstić information content (AvgIpc) is 3.11. The average molecular weight is 384 g/mol. The van der Waals surface area contributed by atoms with E-state index in [0.717, 1.165) is 30.3 Å². The maximum absolute atomic E-state index is 12.8. The van der Waals surface area contributed by atoms with Gasteiger partial charge in [0.1, 0.15) is 0 Å². The van der Waals surface area contributed by atoms with Gasteiger partial charge < -0.3 is 4.98 Å². The SMILES string of the molecule is O=C(Nc1nc2ccccc2[nH]1)c1cccc(S(=O)(=O)N2CCCCC2)c1. The zero-order chi connectivity index (χ0) is 18.9. The highest BCUT2D eigenvalue weighted by Crippen LogP contribution is 2.22. The Hall–Kier alpha value is -2.71. The molecule has 2 N–H and O–H groups in total. The monoisotopic (exact) mass is 384 g/mol. The Balaban J connectivity index is 1.57. The number of fused-ring (bicyclic) bond motifs is 1. The number of para-hydroxylation sites is 2. The molecule has 0 spiro atoms. The van der Waals surface area contributed by atoms with Crippen LogP contribution in [0.2, 0.25) is 0 Å². The van der Waals surface area contributed by atoms with Crippen LogP contribution in [0.3, 0.4) is 0 Å². The Morgan fingerprint density at radius 2 is 1.81 bits per heavy atom. The van der Waals surface area contributed by atoms with Gasteiger partial charge in [-0.3, -0.25) is 10.1 Å². The summed E-state index contributed by atoms with van der Waals surface area (Å²) in [6.45, 7) is 1.05. The summed E-state index contributed by atoms with van der Waals surface area (Å²) in [5.74, 6) is -0.0877. The third-order valence-electron chi connectivity index (χ3n) is 4.67. The Bertz CT molecular complexity index is 1050. The lowest BCUT2D eigenvalue weighted by Gasteiger charge is -2.26. The molecule has 2 heterocycles. The number of amides is 1. The van der Waals surface area contributed by atoms with Gasteiger partial charge in [-0.2, -0.15) is 4.31 Å². The number of aromatic amines is 1. The van der Waals surface area contributed by atoms with Crippen molar-refractivity contribution >= 4 is 32.9 Å². The molecule has 140 valence electrons.